The van der Waals surface area contributed by atoms with Crippen LogP contribution in [0.15, 0.2) is 48.5 Å². The molecule has 0 bridgehead atoms. The minimum absolute atomic E-state index is 0.0195. The zero-order valence-electron chi connectivity index (χ0n) is 19.0. The van der Waals surface area contributed by atoms with Crippen molar-refractivity contribution in [1.29, 1.82) is 0 Å². The molecule has 2 atom stereocenters. The number of amides is 1. The minimum atomic E-state index is -0.661. The molecule has 2 aromatic carbocycles. The van der Waals surface area contributed by atoms with Crippen molar-refractivity contribution in [3.05, 3.63) is 65.2 Å². The molecule has 2 rings (SSSR count). The number of hydrogen-bond acceptors (Lipinski definition) is 5. The summed E-state index contributed by atoms with van der Waals surface area (Å²) in [5, 5.41) is 26.2. The van der Waals surface area contributed by atoms with Crippen molar-refractivity contribution < 1.29 is 19.7 Å². The third kappa shape index (κ3) is 7.98. The first-order valence-corrected chi connectivity index (χ1v) is 10.8. The molecule has 0 aliphatic heterocycles. The number of phenols is 1. The Morgan fingerprint density at radius 1 is 1.13 bits per heavy atom. The summed E-state index contributed by atoms with van der Waals surface area (Å²) >= 11 is 0. The highest BCUT2D eigenvalue weighted by Gasteiger charge is 2.22. The maximum absolute atomic E-state index is 12.6. The first-order valence-electron chi connectivity index (χ1n) is 10.8. The van der Waals surface area contributed by atoms with E-state index in [1.165, 1.54) is 0 Å². The van der Waals surface area contributed by atoms with Gasteiger partial charge in [0.1, 0.15) is 5.75 Å². The lowest BCUT2D eigenvalue weighted by Gasteiger charge is -2.28. The Morgan fingerprint density at radius 2 is 1.84 bits per heavy atom. The molecule has 0 saturated carbocycles. The smallest absolute Gasteiger partial charge is 0.227 e. The highest BCUT2D eigenvalue weighted by Crippen LogP contribution is 2.23. The number of phenolic OH excluding ortho intramolecular Hbond substituents is 1. The SMILES string of the molecule is CCC(C(=O)NCCOC)c1cccc(CC(C)(C)NCC(O)c2ccc(O)cc2)c1. The van der Waals surface area contributed by atoms with Crippen LogP contribution in [0.25, 0.3) is 0 Å². The predicted octanol–water partition coefficient (Wildman–Crippen LogP) is 3.29. The number of methoxy groups -OCH3 is 1. The molecule has 4 N–H and O–H groups in total. The molecule has 2 unspecified atom stereocenters. The van der Waals surface area contributed by atoms with Gasteiger partial charge in [-0.05, 0) is 55.5 Å². The van der Waals surface area contributed by atoms with Crippen molar-refractivity contribution in [2.45, 2.75) is 51.2 Å². The van der Waals surface area contributed by atoms with Crippen LogP contribution in [0.2, 0.25) is 0 Å². The van der Waals surface area contributed by atoms with E-state index in [1.54, 1.807) is 31.4 Å². The van der Waals surface area contributed by atoms with E-state index in [0.717, 1.165) is 29.5 Å². The van der Waals surface area contributed by atoms with Crippen molar-refractivity contribution in [2.24, 2.45) is 0 Å². The number of carbonyl (C=O) groups is 1. The average molecular weight is 429 g/mol. The van der Waals surface area contributed by atoms with Gasteiger partial charge in [0.2, 0.25) is 5.91 Å². The van der Waals surface area contributed by atoms with Crippen LogP contribution < -0.4 is 10.6 Å². The van der Waals surface area contributed by atoms with Crippen molar-refractivity contribution >= 4 is 5.91 Å². The molecule has 0 radical (unpaired) electrons. The number of aliphatic hydroxyl groups is 1. The summed E-state index contributed by atoms with van der Waals surface area (Å²) in [5.41, 5.74) is 2.65. The quantitative estimate of drug-likeness (QED) is 0.390. The summed E-state index contributed by atoms with van der Waals surface area (Å²) in [4.78, 5) is 12.6. The molecule has 2 aromatic rings. The molecule has 0 aliphatic rings. The number of aromatic hydroxyl groups is 1. The molecule has 31 heavy (non-hydrogen) atoms. The number of β-amino-alcohol motifs (C(OH)–C–C–N with tert-alkyl or cyclic N) is 1. The number of carbonyl (C=O) groups excluding carboxylic acids is 1. The van der Waals surface area contributed by atoms with Crippen molar-refractivity contribution in [1.82, 2.24) is 10.6 Å². The second kappa shape index (κ2) is 11.8. The van der Waals surface area contributed by atoms with Gasteiger partial charge >= 0.3 is 0 Å². The van der Waals surface area contributed by atoms with Gasteiger partial charge in [0, 0.05) is 25.7 Å². The van der Waals surface area contributed by atoms with E-state index >= 15 is 0 Å². The lowest BCUT2D eigenvalue weighted by Crippen LogP contribution is -2.43. The molecule has 6 heteroatoms. The van der Waals surface area contributed by atoms with E-state index in [-0.39, 0.29) is 23.1 Å². The topological polar surface area (TPSA) is 90.8 Å². The largest absolute Gasteiger partial charge is 0.508 e. The van der Waals surface area contributed by atoms with Crippen LogP contribution in [-0.2, 0) is 16.0 Å². The molecule has 6 nitrogen and oxygen atoms in total. The number of nitrogens with one attached hydrogen (secondary N) is 2. The van der Waals surface area contributed by atoms with Gasteiger partial charge in [-0.15, -0.1) is 0 Å². The lowest BCUT2D eigenvalue weighted by molar-refractivity contribution is -0.122. The summed E-state index contributed by atoms with van der Waals surface area (Å²) in [5.74, 6) is 0.0113. The van der Waals surface area contributed by atoms with Crippen LogP contribution in [0.3, 0.4) is 0 Å². The molecule has 0 spiro atoms. The Balaban J connectivity index is 1.99. The van der Waals surface area contributed by atoms with E-state index in [1.807, 2.05) is 19.1 Å². The Hall–Kier alpha value is -2.41. The number of rotatable bonds is 12. The van der Waals surface area contributed by atoms with Crippen LogP contribution in [0.5, 0.6) is 5.75 Å². The van der Waals surface area contributed by atoms with Gasteiger partial charge in [-0.1, -0.05) is 43.3 Å². The van der Waals surface area contributed by atoms with E-state index < -0.39 is 6.10 Å². The second-order valence-corrected chi connectivity index (χ2v) is 8.54. The highest BCUT2D eigenvalue weighted by atomic mass is 16.5. The summed E-state index contributed by atoms with van der Waals surface area (Å²) in [6.07, 6.45) is 0.819. The maximum atomic E-state index is 12.6. The molecular formula is C25H36N2O4. The molecule has 1 amide bonds. The third-order valence-electron chi connectivity index (χ3n) is 5.38. The molecule has 0 aromatic heterocycles. The number of benzene rings is 2. The number of ether oxygens (including phenoxy) is 1. The third-order valence-corrected chi connectivity index (χ3v) is 5.38. The monoisotopic (exact) mass is 428 g/mol. The van der Waals surface area contributed by atoms with Crippen molar-refractivity contribution in [3.8, 4) is 5.75 Å². The normalized spacial score (nSPS) is 13.6. The number of hydrogen-bond donors (Lipinski definition) is 4. The Morgan fingerprint density at radius 3 is 2.48 bits per heavy atom. The molecule has 0 fully saturated rings. The number of aliphatic hydroxyl groups excluding tert-OH is 1. The fourth-order valence-electron chi connectivity index (χ4n) is 3.65. The van der Waals surface area contributed by atoms with E-state index in [2.05, 4.69) is 36.6 Å². The fourth-order valence-corrected chi connectivity index (χ4v) is 3.65. The second-order valence-electron chi connectivity index (χ2n) is 8.54. The zero-order valence-corrected chi connectivity index (χ0v) is 19.0. The van der Waals surface area contributed by atoms with Gasteiger partial charge in [0.15, 0.2) is 0 Å². The molecule has 0 heterocycles. The molecule has 0 aliphatic carbocycles. The Kier molecular flexibility index (Phi) is 9.49. The fraction of sp³-hybridized carbons (Fsp3) is 0.480. The predicted molar refractivity (Wildman–Crippen MR) is 123 cm³/mol. The summed E-state index contributed by atoms with van der Waals surface area (Å²) in [6.45, 7) is 7.61. The minimum Gasteiger partial charge on any atom is -0.508 e. The Bertz CT molecular complexity index is 821. The van der Waals surface area contributed by atoms with Gasteiger partial charge in [0.05, 0.1) is 18.6 Å². The van der Waals surface area contributed by atoms with Gasteiger partial charge in [-0.3, -0.25) is 4.79 Å². The lowest BCUT2D eigenvalue weighted by atomic mass is 9.89. The van der Waals surface area contributed by atoms with Gasteiger partial charge < -0.3 is 25.6 Å². The molecule has 170 valence electrons. The van der Waals surface area contributed by atoms with E-state index in [4.69, 9.17) is 4.74 Å². The van der Waals surface area contributed by atoms with Crippen LogP contribution in [0.4, 0.5) is 0 Å². The molecule has 0 saturated heterocycles. The first-order chi connectivity index (χ1) is 14.8. The molecular weight excluding hydrogens is 392 g/mol. The van der Waals surface area contributed by atoms with Gasteiger partial charge in [-0.2, -0.15) is 0 Å². The van der Waals surface area contributed by atoms with Crippen LogP contribution in [0.1, 0.15) is 55.9 Å². The Labute approximate surface area is 185 Å². The summed E-state index contributed by atoms with van der Waals surface area (Å²) < 4.78 is 5.01. The average Bonchev–Trinajstić information content (AvgIpc) is 2.73. The highest BCUT2D eigenvalue weighted by molar-refractivity contribution is 5.83. The van der Waals surface area contributed by atoms with Crippen molar-refractivity contribution in [3.63, 3.8) is 0 Å². The van der Waals surface area contributed by atoms with Crippen LogP contribution >= 0.6 is 0 Å². The summed E-state index contributed by atoms with van der Waals surface area (Å²) in [7, 11) is 1.62. The van der Waals surface area contributed by atoms with E-state index in [0.29, 0.717) is 19.7 Å². The summed E-state index contributed by atoms with van der Waals surface area (Å²) in [6, 6.07) is 14.8. The first kappa shape index (κ1) is 24.9. The zero-order chi connectivity index (χ0) is 22.9. The van der Waals surface area contributed by atoms with E-state index in [9.17, 15) is 15.0 Å². The van der Waals surface area contributed by atoms with Gasteiger partial charge in [-0.25, -0.2) is 0 Å². The van der Waals surface area contributed by atoms with Crippen molar-refractivity contribution in [2.75, 3.05) is 26.8 Å². The van der Waals surface area contributed by atoms with Crippen LogP contribution in [0, 0.1) is 0 Å². The standard InChI is InChI=1S/C25H36N2O4/c1-5-22(24(30)26-13-14-31-4)20-8-6-7-18(15-20)16-25(2,3)27-17-23(29)19-9-11-21(28)12-10-19/h6-12,15,22-23,27-29H,5,13-14,16-17H2,1-4H3,(H,26,30). The van der Waals surface area contributed by atoms with Gasteiger partial charge in [0.25, 0.3) is 0 Å². The van der Waals surface area contributed by atoms with Crippen LogP contribution in [-0.4, -0.2) is 48.5 Å². The maximum Gasteiger partial charge on any atom is 0.227 e.